The molecule has 0 aromatic carbocycles. The highest BCUT2D eigenvalue weighted by molar-refractivity contribution is 5.47. The van der Waals surface area contributed by atoms with Gasteiger partial charge in [0.25, 0.3) is 0 Å². The van der Waals surface area contributed by atoms with Crippen LogP contribution < -0.4 is 4.90 Å². The first-order valence-electron chi connectivity index (χ1n) is 6.29. The molecule has 1 N–H and O–H groups in total. The van der Waals surface area contributed by atoms with Gasteiger partial charge in [-0.15, -0.1) is 0 Å². The predicted octanol–water partition coefficient (Wildman–Crippen LogP) is 3.01. The quantitative estimate of drug-likeness (QED) is 0.853. The van der Waals surface area contributed by atoms with Gasteiger partial charge >= 0.3 is 0 Å². The normalized spacial score (nSPS) is 14.8. The van der Waals surface area contributed by atoms with E-state index in [2.05, 4.69) is 30.7 Å². The SMILES string of the molecule is CC(C)CC(C)N(C)c1ncccc1[C@H](C)O. The molecular formula is C14H24N2O. The molecule has 0 saturated carbocycles. The summed E-state index contributed by atoms with van der Waals surface area (Å²) in [6.45, 7) is 8.42. The molecule has 3 nitrogen and oxygen atoms in total. The van der Waals surface area contributed by atoms with Crippen molar-refractivity contribution < 1.29 is 5.11 Å². The van der Waals surface area contributed by atoms with Crippen LogP contribution in [0.1, 0.15) is 45.8 Å². The maximum absolute atomic E-state index is 9.75. The molecule has 0 amide bonds. The first-order chi connectivity index (χ1) is 7.93. The highest BCUT2D eigenvalue weighted by Crippen LogP contribution is 2.25. The molecule has 0 aliphatic carbocycles. The van der Waals surface area contributed by atoms with E-state index in [1.807, 2.05) is 19.2 Å². The summed E-state index contributed by atoms with van der Waals surface area (Å²) in [6.07, 6.45) is 2.42. The summed E-state index contributed by atoms with van der Waals surface area (Å²) in [5, 5.41) is 9.75. The Morgan fingerprint density at radius 1 is 1.29 bits per heavy atom. The minimum Gasteiger partial charge on any atom is -0.389 e. The van der Waals surface area contributed by atoms with E-state index in [9.17, 15) is 5.11 Å². The Labute approximate surface area is 104 Å². The number of hydrogen-bond donors (Lipinski definition) is 1. The number of rotatable bonds is 5. The van der Waals surface area contributed by atoms with Crippen LogP contribution in [0.2, 0.25) is 0 Å². The van der Waals surface area contributed by atoms with E-state index in [-0.39, 0.29) is 0 Å². The van der Waals surface area contributed by atoms with Crippen molar-refractivity contribution in [2.75, 3.05) is 11.9 Å². The van der Waals surface area contributed by atoms with Crippen LogP contribution >= 0.6 is 0 Å². The molecule has 0 fully saturated rings. The number of pyridine rings is 1. The van der Waals surface area contributed by atoms with Crippen LogP contribution in [-0.2, 0) is 0 Å². The minimum absolute atomic E-state index is 0.419. The molecule has 2 atom stereocenters. The number of anilines is 1. The van der Waals surface area contributed by atoms with Crippen LogP contribution in [0.5, 0.6) is 0 Å². The molecule has 0 spiro atoms. The lowest BCUT2D eigenvalue weighted by atomic mass is 10.0. The second kappa shape index (κ2) is 6.01. The van der Waals surface area contributed by atoms with Crippen molar-refractivity contribution in [2.45, 2.75) is 46.3 Å². The van der Waals surface area contributed by atoms with Crippen molar-refractivity contribution >= 4 is 5.82 Å². The van der Waals surface area contributed by atoms with Gasteiger partial charge in [-0.25, -0.2) is 4.98 Å². The van der Waals surface area contributed by atoms with Gasteiger partial charge < -0.3 is 10.0 Å². The fourth-order valence-electron chi connectivity index (χ4n) is 2.08. The first kappa shape index (κ1) is 14.0. The molecular weight excluding hydrogens is 212 g/mol. The molecule has 1 rings (SSSR count). The van der Waals surface area contributed by atoms with Gasteiger partial charge in [0.05, 0.1) is 6.10 Å². The van der Waals surface area contributed by atoms with Crippen molar-refractivity contribution in [3.8, 4) is 0 Å². The van der Waals surface area contributed by atoms with Gasteiger partial charge in [-0.1, -0.05) is 19.9 Å². The lowest BCUT2D eigenvalue weighted by Crippen LogP contribution is -2.31. The van der Waals surface area contributed by atoms with E-state index in [1.54, 1.807) is 13.1 Å². The van der Waals surface area contributed by atoms with Crippen molar-refractivity contribution in [2.24, 2.45) is 5.92 Å². The van der Waals surface area contributed by atoms with Gasteiger partial charge in [0, 0.05) is 24.8 Å². The second-order valence-corrected chi connectivity index (χ2v) is 5.18. The molecule has 0 aliphatic rings. The number of aliphatic hydroxyl groups is 1. The second-order valence-electron chi connectivity index (χ2n) is 5.18. The lowest BCUT2D eigenvalue weighted by molar-refractivity contribution is 0.199. The van der Waals surface area contributed by atoms with Gasteiger partial charge in [-0.05, 0) is 32.3 Å². The van der Waals surface area contributed by atoms with E-state index in [0.717, 1.165) is 17.8 Å². The van der Waals surface area contributed by atoms with Gasteiger partial charge in [0.2, 0.25) is 0 Å². The third-order valence-electron chi connectivity index (χ3n) is 3.07. The van der Waals surface area contributed by atoms with Crippen LogP contribution in [0.25, 0.3) is 0 Å². The number of aliphatic hydroxyl groups excluding tert-OH is 1. The molecule has 1 unspecified atom stereocenters. The fraction of sp³-hybridized carbons (Fsp3) is 0.643. The van der Waals surface area contributed by atoms with E-state index >= 15 is 0 Å². The van der Waals surface area contributed by atoms with Crippen molar-refractivity contribution in [3.63, 3.8) is 0 Å². The van der Waals surface area contributed by atoms with Crippen LogP contribution in [0.15, 0.2) is 18.3 Å². The first-order valence-corrected chi connectivity index (χ1v) is 6.29. The van der Waals surface area contributed by atoms with Crippen LogP contribution in [0.3, 0.4) is 0 Å². The average molecular weight is 236 g/mol. The summed E-state index contributed by atoms with van der Waals surface area (Å²) in [5.41, 5.74) is 0.894. The molecule has 0 radical (unpaired) electrons. The third kappa shape index (κ3) is 3.70. The van der Waals surface area contributed by atoms with E-state index < -0.39 is 6.10 Å². The zero-order valence-electron chi connectivity index (χ0n) is 11.5. The zero-order chi connectivity index (χ0) is 13.0. The highest BCUT2D eigenvalue weighted by atomic mass is 16.3. The van der Waals surface area contributed by atoms with E-state index in [4.69, 9.17) is 0 Å². The lowest BCUT2D eigenvalue weighted by Gasteiger charge is -2.29. The predicted molar refractivity (Wildman–Crippen MR) is 72.2 cm³/mol. The maximum Gasteiger partial charge on any atom is 0.134 e. The molecule has 1 heterocycles. The summed E-state index contributed by atoms with van der Waals surface area (Å²) < 4.78 is 0. The largest absolute Gasteiger partial charge is 0.389 e. The number of hydrogen-bond acceptors (Lipinski definition) is 3. The third-order valence-corrected chi connectivity index (χ3v) is 3.07. The Bertz CT molecular complexity index is 350. The summed E-state index contributed by atoms with van der Waals surface area (Å²) in [6, 6.07) is 4.22. The topological polar surface area (TPSA) is 36.4 Å². The van der Waals surface area contributed by atoms with Gasteiger partial charge in [-0.3, -0.25) is 0 Å². The number of aromatic nitrogens is 1. The molecule has 0 bridgehead atoms. The molecule has 1 aromatic heterocycles. The zero-order valence-corrected chi connectivity index (χ0v) is 11.5. The Balaban J connectivity index is 2.91. The van der Waals surface area contributed by atoms with Gasteiger partial charge in [-0.2, -0.15) is 0 Å². The maximum atomic E-state index is 9.75. The molecule has 17 heavy (non-hydrogen) atoms. The number of nitrogens with zero attached hydrogens (tertiary/aromatic N) is 2. The Morgan fingerprint density at radius 2 is 1.94 bits per heavy atom. The smallest absolute Gasteiger partial charge is 0.134 e. The average Bonchev–Trinajstić information content (AvgIpc) is 2.27. The molecule has 0 aliphatic heterocycles. The van der Waals surface area contributed by atoms with Crippen LogP contribution in [0, 0.1) is 5.92 Å². The monoisotopic (exact) mass is 236 g/mol. The van der Waals surface area contributed by atoms with Crippen molar-refractivity contribution in [1.29, 1.82) is 0 Å². The van der Waals surface area contributed by atoms with Gasteiger partial charge in [0.15, 0.2) is 0 Å². The van der Waals surface area contributed by atoms with Crippen LogP contribution in [-0.4, -0.2) is 23.2 Å². The molecule has 96 valence electrons. The molecule has 1 aromatic rings. The Morgan fingerprint density at radius 3 is 2.47 bits per heavy atom. The Kier molecular flexibility index (Phi) is 4.94. The van der Waals surface area contributed by atoms with Crippen molar-refractivity contribution in [1.82, 2.24) is 4.98 Å². The van der Waals surface area contributed by atoms with Crippen LogP contribution in [0.4, 0.5) is 5.82 Å². The summed E-state index contributed by atoms with van der Waals surface area (Å²) in [4.78, 5) is 6.55. The molecule has 0 saturated heterocycles. The Hall–Kier alpha value is -1.09. The summed E-state index contributed by atoms with van der Waals surface area (Å²) in [5.74, 6) is 1.54. The summed E-state index contributed by atoms with van der Waals surface area (Å²) in [7, 11) is 2.04. The van der Waals surface area contributed by atoms with E-state index in [1.165, 1.54) is 0 Å². The van der Waals surface area contributed by atoms with E-state index in [0.29, 0.717) is 12.0 Å². The van der Waals surface area contributed by atoms with Crippen molar-refractivity contribution in [3.05, 3.63) is 23.9 Å². The highest BCUT2D eigenvalue weighted by Gasteiger charge is 2.17. The standard InChI is InChI=1S/C14H24N2O/c1-10(2)9-11(3)16(5)14-13(12(4)17)7-6-8-15-14/h6-8,10-12,17H,9H2,1-5H3/t11?,12-/m0/s1. The fourth-order valence-corrected chi connectivity index (χ4v) is 2.08. The summed E-state index contributed by atoms with van der Waals surface area (Å²) >= 11 is 0. The van der Waals surface area contributed by atoms with Gasteiger partial charge in [0.1, 0.15) is 5.82 Å². The molecule has 3 heteroatoms. The minimum atomic E-state index is -0.479.